The van der Waals surface area contributed by atoms with Gasteiger partial charge in [-0.1, -0.05) is 88.1 Å². The van der Waals surface area contributed by atoms with Gasteiger partial charge in [0.05, 0.1) is 37.0 Å². The van der Waals surface area contributed by atoms with Crippen molar-refractivity contribution in [3.05, 3.63) is 120 Å². The van der Waals surface area contributed by atoms with E-state index in [0.717, 1.165) is 31.4 Å². The molecule has 23 N–H and O–H groups in total. The zero-order chi connectivity index (χ0) is 96.2. The molecule has 6 aromatic rings. The summed E-state index contributed by atoms with van der Waals surface area (Å²) >= 11 is 0.783. The van der Waals surface area contributed by atoms with Gasteiger partial charge in [-0.2, -0.15) is 0 Å². The van der Waals surface area contributed by atoms with Crippen molar-refractivity contribution in [2.45, 2.75) is 221 Å². The van der Waals surface area contributed by atoms with Gasteiger partial charge in [0.2, 0.25) is 94.5 Å². The van der Waals surface area contributed by atoms with Gasteiger partial charge in [0.1, 0.15) is 90.3 Å². The Kier molecular flexibility index (Phi) is 38.3. The van der Waals surface area contributed by atoms with Gasteiger partial charge in [0.15, 0.2) is 0 Å². The summed E-state index contributed by atoms with van der Waals surface area (Å²) in [5, 5.41) is 70.2. The minimum Gasteiger partial charge on any atom is -0.508 e. The summed E-state index contributed by atoms with van der Waals surface area (Å²) < 4.78 is 0. The number of aromatic nitrogens is 4. The first-order chi connectivity index (χ1) is 63.1. The van der Waals surface area contributed by atoms with Crippen LogP contribution in [0, 0.1) is 0 Å². The fourth-order valence-electron chi connectivity index (χ4n) is 16.3. The predicted molar refractivity (Wildman–Crippen MR) is 482 cm³/mol. The third kappa shape index (κ3) is 27.8. The summed E-state index contributed by atoms with van der Waals surface area (Å²) in [6, 6.07) is -2.32. The topological polar surface area (TPSA) is 646 Å². The molecule has 716 valence electrons. The van der Waals surface area contributed by atoms with E-state index in [0.29, 0.717) is 64.2 Å². The molecule has 44 heteroatoms. The molecule has 132 heavy (non-hydrogen) atoms. The van der Waals surface area contributed by atoms with Crippen LogP contribution in [-0.4, -0.2) is 328 Å². The van der Waals surface area contributed by atoms with Gasteiger partial charge in [0.25, 0.3) is 0 Å². The molecule has 0 aliphatic carbocycles. The SMILES string of the molecule is CCCC[C@H]1C(=O)N(C)[C@@H](CCCC)C(=O)N[C@@H](CCN)C(=O)N[C@H](C(=O)NCC(N)=O)CSCC(=O)N[C@@H](Cc2ccc(O)cc2)C(=O)N(C)[C@@H](C)C(=O)N[C@@H](CCN)C(=O)N2CCC[C@H]2C(=O)N[C@@H](Cc2c[nH]cn2)C(=O)N[C@@H](CCC(=O)O)C(=O)N2C[C@H](O)C[C@H]2C(=O)N[C@@H](Cc2c[nH]c3ccccc23)C(=O)N[C@@H](CO)C(=O)N[C@@H](Cc2c[nH]c3ccccc23)C(=O)N1C. The van der Waals surface area contributed by atoms with Crippen molar-refractivity contribution in [1.29, 1.82) is 0 Å². The summed E-state index contributed by atoms with van der Waals surface area (Å²) in [7, 11) is 3.93. The molecular weight excluding hydrogens is 1730 g/mol. The number of carboxylic acids is 1. The number of thioether (sulfide) groups is 1. The van der Waals surface area contributed by atoms with Crippen molar-refractivity contribution in [3.8, 4) is 5.75 Å². The van der Waals surface area contributed by atoms with Crippen LogP contribution in [-0.2, 0) is 107 Å². The minimum absolute atomic E-state index is 0.00306. The van der Waals surface area contributed by atoms with Crippen LogP contribution < -0.4 is 70.4 Å². The fourth-order valence-corrected chi connectivity index (χ4v) is 17.1. The number of carbonyl (C=O) groups is 17. The Balaban J connectivity index is 1.09. The predicted octanol–water partition coefficient (Wildman–Crippen LogP) is -3.55. The second-order valence-electron chi connectivity index (χ2n) is 33.3. The van der Waals surface area contributed by atoms with Crippen LogP contribution in [0.3, 0.4) is 0 Å². The van der Waals surface area contributed by atoms with Gasteiger partial charge in [0, 0.05) is 119 Å². The van der Waals surface area contributed by atoms with Crippen LogP contribution in [0.5, 0.6) is 5.75 Å². The van der Waals surface area contributed by atoms with E-state index < -0.39 is 242 Å². The van der Waals surface area contributed by atoms with Gasteiger partial charge < -0.3 is 130 Å². The Hall–Kier alpha value is -13.1. The average molecular weight is 1860 g/mol. The number of carboxylic acid groups (broad SMARTS) is 1. The van der Waals surface area contributed by atoms with Gasteiger partial charge in [-0.15, -0.1) is 11.8 Å². The second-order valence-corrected chi connectivity index (χ2v) is 34.3. The zero-order valence-corrected chi connectivity index (χ0v) is 75.4. The Morgan fingerprint density at radius 3 is 1.65 bits per heavy atom. The van der Waals surface area contributed by atoms with E-state index in [-0.39, 0.29) is 95.3 Å². The van der Waals surface area contributed by atoms with E-state index in [4.69, 9.17) is 17.2 Å². The molecule has 0 bridgehead atoms. The summed E-state index contributed by atoms with van der Waals surface area (Å²) in [6.45, 7) is 2.10. The number of carbonyl (C=O) groups excluding carboxylic acids is 16. The van der Waals surface area contributed by atoms with Gasteiger partial charge >= 0.3 is 5.97 Å². The van der Waals surface area contributed by atoms with Gasteiger partial charge in [-0.3, -0.25) is 81.5 Å². The highest BCUT2D eigenvalue weighted by Gasteiger charge is 2.47. The number of hydrogen-bond donors (Lipinski definition) is 20. The highest BCUT2D eigenvalue weighted by atomic mass is 32.2. The molecule has 6 heterocycles. The molecule has 3 aliphatic heterocycles. The maximum atomic E-state index is 15.7. The van der Waals surface area contributed by atoms with Crippen molar-refractivity contribution >= 4 is 134 Å². The number of aromatic amines is 3. The molecule has 3 saturated heterocycles. The van der Waals surface area contributed by atoms with Crippen LogP contribution in [0.15, 0.2) is 97.7 Å². The smallest absolute Gasteiger partial charge is 0.303 e. The monoisotopic (exact) mass is 1850 g/mol. The van der Waals surface area contributed by atoms with E-state index in [1.54, 1.807) is 60.9 Å². The number of nitrogens with zero attached hydrogens (tertiary/aromatic N) is 6. The lowest BCUT2D eigenvalue weighted by atomic mass is 10.00. The molecule has 0 radical (unpaired) electrons. The molecule has 0 unspecified atom stereocenters. The Morgan fingerprint density at radius 2 is 1.05 bits per heavy atom. The van der Waals surface area contributed by atoms with Crippen molar-refractivity contribution < 1.29 is 102 Å². The Morgan fingerprint density at radius 1 is 0.538 bits per heavy atom. The van der Waals surface area contributed by atoms with Gasteiger partial charge in [-0.05, 0) is 106 Å². The van der Waals surface area contributed by atoms with Crippen LogP contribution in [0.25, 0.3) is 21.8 Å². The number of hydrogen-bond acceptors (Lipinski definition) is 24. The molecular formula is C88H122N22O21S. The normalized spacial score (nSPS) is 25.1. The fraction of sp³-hybridized carbons (Fsp3) is 0.523. The lowest BCUT2D eigenvalue weighted by Crippen LogP contribution is -2.62. The molecule has 0 saturated carbocycles. The minimum atomic E-state index is -1.92. The number of imidazole rings is 1. The summed E-state index contributed by atoms with van der Waals surface area (Å²) in [6.07, 6.45) is 2.68. The first-order valence-corrected chi connectivity index (χ1v) is 45.3. The van der Waals surface area contributed by atoms with E-state index in [2.05, 4.69) is 73.1 Å². The molecule has 3 aromatic heterocycles. The van der Waals surface area contributed by atoms with E-state index in [1.807, 2.05) is 13.8 Å². The molecule has 0 spiro atoms. The maximum Gasteiger partial charge on any atom is 0.303 e. The number of aromatic hydroxyl groups is 1. The van der Waals surface area contributed by atoms with Gasteiger partial charge in [-0.25, -0.2) is 4.98 Å². The molecule has 3 fully saturated rings. The number of H-pyrrole nitrogens is 3. The number of nitrogens with one attached hydrogen (secondary N) is 13. The number of unbranched alkanes of at least 4 members (excludes halogenated alkanes) is 2. The number of phenols is 1. The lowest BCUT2D eigenvalue weighted by molar-refractivity contribution is -0.149. The Bertz CT molecular complexity index is 5070. The molecule has 3 aliphatic rings. The third-order valence-electron chi connectivity index (χ3n) is 23.8. The van der Waals surface area contributed by atoms with Crippen LogP contribution in [0.1, 0.15) is 127 Å². The molecule has 3 aromatic carbocycles. The third-order valence-corrected chi connectivity index (χ3v) is 24.8. The second kappa shape index (κ2) is 49.3. The summed E-state index contributed by atoms with van der Waals surface area (Å²) in [4.78, 5) is 267. The molecule has 9 rings (SSSR count). The summed E-state index contributed by atoms with van der Waals surface area (Å²) in [5.41, 5.74) is 20.4. The number of aliphatic hydroxyl groups excluding tert-OH is 2. The summed E-state index contributed by atoms with van der Waals surface area (Å²) in [5.74, 6) is -17.6. The Labute approximate surface area is 765 Å². The van der Waals surface area contributed by atoms with E-state index in [9.17, 15) is 68.4 Å². The number of amides is 16. The van der Waals surface area contributed by atoms with Crippen LogP contribution in [0.4, 0.5) is 0 Å². The van der Waals surface area contributed by atoms with Crippen molar-refractivity contribution in [2.75, 3.05) is 72.0 Å². The quantitative estimate of drug-likeness (QED) is 0.0264. The largest absolute Gasteiger partial charge is 0.508 e. The standard InChI is InChI=1S/C88H122N22O21S/c1-7-9-20-68-81(124)98-59(29-31-89)77(120)105-67(76(119)95-42-72(91)114)45-132-46-73(115)97-64(34-49-23-25-53(112)26-24-49)84(127)106(4)48(3)75(118)99-61(30-32-90)86(129)109-33-15-22-69(109)82(125)102-63(37-52-41-92-47-96-52)79(122)100-60(27-28-74(116)117)87(130)110-43-54(113)38-71(110)83(126)101-62(35-50-39-93-57-18-13-11-16-55(50)57)78(121)104-66(44-111)80(123)103-65(36-51-40-94-58-19-14-12-17-56(51)58)85(128)108(6)70(21-10-8-2)88(131)107(68)5/h11-14,16-19,23-26,39-41,47-48,54,59-71,93-94,111-113H,7-10,15,20-22,27-38,42-46,89-90H2,1-6H3,(H2,91,114)(H,92,96)(H,95,119)(H,97,115)(H,98,124)(H,99,118)(H,100,122)(H,101,126)(H,102,125)(H,103,123)(H,104,121)(H,105,120)(H,116,117)/t48-,54+,59-,60-,61-,62-,63-,64-,65-,66-,67-,68-,69-,70-,71-/m0/s1. The number of phenolic OH excluding ortho intramolecular Hbond substituents is 1. The number of fused-ring (bicyclic) bond motifs is 4. The van der Waals surface area contributed by atoms with Crippen molar-refractivity contribution in [3.63, 3.8) is 0 Å². The molecule has 43 nitrogen and oxygen atoms in total. The number of likely N-dealkylation sites (N-methyl/N-ethyl adjacent to an activating group) is 3. The number of para-hydroxylation sites is 2. The lowest BCUT2D eigenvalue weighted by Gasteiger charge is -2.36. The maximum absolute atomic E-state index is 15.7. The van der Waals surface area contributed by atoms with E-state index in [1.165, 1.54) is 69.8 Å². The van der Waals surface area contributed by atoms with Crippen LogP contribution >= 0.6 is 11.8 Å². The number of rotatable bonds is 25. The highest BCUT2D eigenvalue weighted by Crippen LogP contribution is 2.28. The first kappa shape index (κ1) is 103. The first-order valence-electron chi connectivity index (χ1n) is 44.1. The number of primary amides is 1. The van der Waals surface area contributed by atoms with Crippen molar-refractivity contribution in [2.24, 2.45) is 17.2 Å². The zero-order valence-electron chi connectivity index (χ0n) is 74.6. The highest BCUT2D eigenvalue weighted by molar-refractivity contribution is 8.00. The molecule has 15 atom stereocenters. The average Bonchev–Trinajstić information content (AvgIpc) is 1.66. The number of aliphatic hydroxyl groups is 2. The number of aliphatic carboxylic acids is 1. The number of nitrogens with two attached hydrogens (primary N) is 3. The number of benzene rings is 3. The molecule has 16 amide bonds. The van der Waals surface area contributed by atoms with Crippen LogP contribution in [0.2, 0.25) is 0 Å². The van der Waals surface area contributed by atoms with Crippen molar-refractivity contribution in [1.82, 2.24) is 97.6 Å². The van der Waals surface area contributed by atoms with E-state index >= 15 is 33.6 Å².